The summed E-state index contributed by atoms with van der Waals surface area (Å²) in [4.78, 5) is 66.6. The largest absolute Gasteiger partial charge is 0.411 e. The van der Waals surface area contributed by atoms with E-state index in [-0.39, 0.29) is 0 Å². The van der Waals surface area contributed by atoms with E-state index in [9.17, 15) is 28.8 Å². The van der Waals surface area contributed by atoms with E-state index < -0.39 is 56.0 Å². The minimum atomic E-state index is -4.67. The fourth-order valence-electron chi connectivity index (χ4n) is 5.82. The molecule has 8 rings (SSSR count). The van der Waals surface area contributed by atoms with Crippen molar-refractivity contribution in [2.24, 2.45) is 10.3 Å². The minimum absolute atomic E-state index is 0.298. The number of anilines is 6. The topological polar surface area (TPSA) is 417 Å². The number of hydrogen-bond donors (Lipinski definition) is 12. The summed E-state index contributed by atoms with van der Waals surface area (Å²) in [6, 6.07) is 28.7. The number of carbonyl (C=O) groups is 6. The number of ketones is 2. The Kier molecular flexibility index (Phi) is 30.8. The molecule has 6 aromatic rings. The highest BCUT2D eigenvalue weighted by molar-refractivity contribution is 9.11. The van der Waals surface area contributed by atoms with Gasteiger partial charge >= 0.3 is 20.8 Å². The molecular weight excluding hydrogens is 1380 g/mol. The van der Waals surface area contributed by atoms with Crippen LogP contribution in [-0.2, 0) is 40.0 Å². The van der Waals surface area contributed by atoms with Crippen LogP contribution in [0.5, 0.6) is 0 Å². The van der Waals surface area contributed by atoms with Crippen molar-refractivity contribution < 1.29 is 74.2 Å². The average Bonchev–Trinajstić information content (AvgIpc) is 4.11. The zero-order valence-electron chi connectivity index (χ0n) is 43.3. The van der Waals surface area contributed by atoms with E-state index >= 15 is 0 Å². The van der Waals surface area contributed by atoms with Crippen LogP contribution in [0.25, 0.3) is 0 Å². The fourth-order valence-corrected chi connectivity index (χ4v) is 7.49. The molecule has 440 valence electrons. The number of oxime groups is 2. The molecule has 0 saturated carbocycles. The second kappa shape index (κ2) is 34.5. The van der Waals surface area contributed by atoms with E-state index in [0.29, 0.717) is 48.9 Å². The van der Waals surface area contributed by atoms with Crippen LogP contribution in [-0.4, -0.2) is 93.1 Å². The van der Waals surface area contributed by atoms with E-state index in [1.54, 1.807) is 54.6 Å². The lowest BCUT2D eigenvalue weighted by Crippen LogP contribution is -2.13. The molecule has 0 radical (unpaired) electrons. The third-order valence-corrected chi connectivity index (χ3v) is 13.4. The summed E-state index contributed by atoms with van der Waals surface area (Å²) >= 11 is 27.2. The number of rotatable bonds is 4. The van der Waals surface area contributed by atoms with E-state index in [0.717, 1.165) is 70.6 Å². The highest BCUT2D eigenvalue weighted by Gasteiger charge is 2.31. The van der Waals surface area contributed by atoms with Gasteiger partial charge in [0.15, 0.2) is 0 Å². The number of nitrogens with two attached hydrogens (primary N) is 2. The number of nitrogens with one attached hydrogen (secondary N) is 4. The number of fused-ring (bicyclic) bond motifs is 2. The Labute approximate surface area is 510 Å². The third kappa shape index (κ3) is 26.8. The fraction of sp³-hybridized carbons (Fsp3) is 0.120. The van der Waals surface area contributed by atoms with Crippen molar-refractivity contribution in [3.05, 3.63) is 170 Å². The van der Waals surface area contributed by atoms with Gasteiger partial charge in [0.05, 0.1) is 27.5 Å². The van der Waals surface area contributed by atoms with E-state index in [4.69, 9.17) is 91.7 Å². The smallest absolute Gasteiger partial charge is 0.394 e. The summed E-state index contributed by atoms with van der Waals surface area (Å²) < 4.78 is 66.0. The first-order valence-corrected chi connectivity index (χ1v) is 28.4. The van der Waals surface area contributed by atoms with E-state index in [1.165, 1.54) is 0 Å². The lowest BCUT2D eigenvalue weighted by atomic mass is 10.1. The summed E-state index contributed by atoms with van der Waals surface area (Å²) in [5, 5.41) is 33.2. The van der Waals surface area contributed by atoms with Crippen molar-refractivity contribution >= 4 is 185 Å². The molecule has 2 heterocycles. The van der Waals surface area contributed by atoms with Crippen LogP contribution in [0.3, 0.4) is 0 Å². The van der Waals surface area contributed by atoms with Gasteiger partial charge in [0.25, 0.3) is 35.2 Å². The number of nitrogens with zero attached hydrogens (tertiary/aromatic N) is 2. The molecule has 32 heteroatoms. The SMILES string of the molecule is Cc1c(Br)ccc2c1NC(=O)C2=O.Cc1c(Br)cccc1NC(=O)/C=N\O.Cc1c(N)cccc1Br.Cc1ccc(Cl)c2c1NC(=O)C2=O.Cc1ccc(Cl)cc1N.Cc1ccc(Cl)cc1NC(=O)/C=N\O.O=S(=O)(O)O.O=S(=O)(O)O. The first kappa shape index (κ1) is 73.1. The Morgan fingerprint density at radius 2 is 0.976 bits per heavy atom. The van der Waals surface area contributed by atoms with Gasteiger partial charge in [-0.15, -0.1) is 0 Å². The van der Waals surface area contributed by atoms with Gasteiger partial charge in [0.1, 0.15) is 12.4 Å². The van der Waals surface area contributed by atoms with Gasteiger partial charge in [0.2, 0.25) is 0 Å². The molecule has 0 aromatic heterocycles. The second-order valence-corrected chi connectivity index (χ2v) is 21.6. The number of aryl methyl sites for hydroxylation is 3. The van der Waals surface area contributed by atoms with Crippen molar-refractivity contribution in [1.82, 2.24) is 0 Å². The lowest BCUT2D eigenvalue weighted by Gasteiger charge is -2.06. The number of halogens is 6. The summed E-state index contributed by atoms with van der Waals surface area (Å²) in [6.07, 6.45) is 1.58. The molecule has 0 atom stereocenters. The summed E-state index contributed by atoms with van der Waals surface area (Å²) in [6.45, 7) is 11.3. The first-order chi connectivity index (χ1) is 37.9. The predicted molar refractivity (Wildman–Crippen MR) is 326 cm³/mol. The molecule has 0 fully saturated rings. The second-order valence-electron chi connectivity index (χ2n) is 16.0. The summed E-state index contributed by atoms with van der Waals surface area (Å²) in [7, 11) is -9.33. The normalized spacial score (nSPS) is 11.6. The summed E-state index contributed by atoms with van der Waals surface area (Å²) in [5.74, 6) is -3.12. The standard InChI is InChI=1S/C9H9BrN2O2.C9H6BrNO2.C9H9ClN2O2.C9H6ClNO2.C7H8BrN.C7H8ClN.2H2O4S/c1-6-7(10)3-2-4-8(6)12-9(13)5-11-14;1-4-6(10)3-2-5-7(4)11-9(13)8(5)12;1-6-2-3-7(10)4-8(6)12-9(13)5-11-14;1-4-2-3-5(10)6-7(4)11-9(13)8(6)12;1-5-6(8)3-2-4-7(5)9;1-5-2-3-6(8)4-7(5)9;2*1-5(2,3)4/h2-5,14H,1H3,(H,12,13);2-3H,1H3,(H,11,12,13);2-5,14H,1H3,(H,12,13);2-3H,1H3,(H,11,12,13);2*2-4H,9H2,1H3;2*(H2,1,2,3,4)/b11-5-;;11-5-;;;;;. The van der Waals surface area contributed by atoms with Crippen LogP contribution in [0.2, 0.25) is 15.1 Å². The van der Waals surface area contributed by atoms with Crippen molar-refractivity contribution in [1.29, 1.82) is 0 Å². The van der Waals surface area contributed by atoms with Gasteiger partial charge in [-0.3, -0.25) is 47.0 Å². The Bertz CT molecular complexity index is 3550. The molecule has 4 amide bonds. The number of Topliss-reactive ketones (excluding diaryl/α,β-unsaturated/α-hetero) is 2. The number of benzene rings is 6. The lowest BCUT2D eigenvalue weighted by molar-refractivity contribution is -0.112. The van der Waals surface area contributed by atoms with Gasteiger partial charge in [0, 0.05) is 46.2 Å². The van der Waals surface area contributed by atoms with Crippen molar-refractivity contribution in [2.75, 3.05) is 32.7 Å². The zero-order valence-corrected chi connectivity index (χ0v) is 52.0. The molecule has 0 spiro atoms. The molecule has 2 aliphatic rings. The van der Waals surface area contributed by atoms with Crippen LogP contribution in [0.1, 0.15) is 54.1 Å². The van der Waals surface area contributed by atoms with Crippen LogP contribution < -0.4 is 32.7 Å². The number of amides is 4. The van der Waals surface area contributed by atoms with Gasteiger partial charge in [-0.05, 0) is 142 Å². The van der Waals surface area contributed by atoms with E-state index in [1.807, 2.05) is 84.0 Å². The molecule has 14 N–H and O–H groups in total. The molecular formula is C50H50Br3Cl3N8O16S2. The van der Waals surface area contributed by atoms with Gasteiger partial charge in [-0.2, -0.15) is 16.8 Å². The highest BCUT2D eigenvalue weighted by Crippen LogP contribution is 2.33. The Balaban J connectivity index is 0.000000479. The average molecular weight is 1430 g/mol. The van der Waals surface area contributed by atoms with Crippen LogP contribution in [0.4, 0.5) is 34.1 Å². The predicted octanol–water partition coefficient (Wildman–Crippen LogP) is 11.1. The zero-order chi connectivity index (χ0) is 63.0. The number of hydrogen-bond acceptors (Lipinski definition) is 16. The number of carbonyl (C=O) groups excluding carboxylic acids is 6. The van der Waals surface area contributed by atoms with Gasteiger partial charge in [-0.1, -0.05) is 123 Å². The van der Waals surface area contributed by atoms with Crippen molar-refractivity contribution in [2.45, 2.75) is 41.5 Å². The highest BCUT2D eigenvalue weighted by atomic mass is 79.9. The van der Waals surface area contributed by atoms with Crippen molar-refractivity contribution in [3.63, 3.8) is 0 Å². The maximum atomic E-state index is 11.3. The monoisotopic (exact) mass is 1420 g/mol. The van der Waals surface area contributed by atoms with E-state index in [2.05, 4.69) is 79.4 Å². The molecule has 0 aliphatic carbocycles. The Morgan fingerprint density at radius 1 is 0.537 bits per heavy atom. The maximum Gasteiger partial charge on any atom is 0.394 e. The number of nitrogen functional groups attached to an aromatic ring is 2. The Hall–Kier alpha value is -6.87. The molecule has 0 unspecified atom stereocenters. The minimum Gasteiger partial charge on any atom is -0.411 e. The van der Waals surface area contributed by atoms with Crippen LogP contribution >= 0.6 is 82.6 Å². The third-order valence-electron chi connectivity index (χ3n) is 10.0. The molecule has 0 bridgehead atoms. The van der Waals surface area contributed by atoms with Crippen LogP contribution in [0, 0.1) is 41.5 Å². The molecule has 2 aliphatic heterocycles. The molecule has 6 aromatic carbocycles. The molecule has 0 saturated heterocycles. The maximum absolute atomic E-state index is 11.3. The quantitative estimate of drug-likeness (QED) is 0.0195. The van der Waals surface area contributed by atoms with Crippen LogP contribution in [0.15, 0.2) is 121 Å². The van der Waals surface area contributed by atoms with Gasteiger partial charge in [-0.25, -0.2) is 0 Å². The summed E-state index contributed by atoms with van der Waals surface area (Å²) in [5.41, 5.74) is 21.7. The Morgan fingerprint density at radius 3 is 1.45 bits per heavy atom. The molecule has 24 nitrogen and oxygen atoms in total. The first-order valence-electron chi connectivity index (χ1n) is 22.1. The van der Waals surface area contributed by atoms with Gasteiger partial charge < -0.3 is 43.1 Å². The molecule has 82 heavy (non-hydrogen) atoms. The van der Waals surface area contributed by atoms with Crippen molar-refractivity contribution in [3.8, 4) is 0 Å².